The fraction of sp³-hybridized carbons (Fsp3) is 0.455. The molecule has 0 aromatic heterocycles. The van der Waals surface area contributed by atoms with Gasteiger partial charge in [0.15, 0.2) is 0 Å². The first kappa shape index (κ1) is 32.9. The maximum atomic E-state index is 6.88. The second-order valence-electron chi connectivity index (χ2n) is 14.8. The van der Waals surface area contributed by atoms with Crippen LogP contribution in [0.3, 0.4) is 0 Å². The van der Waals surface area contributed by atoms with Crippen molar-refractivity contribution in [3.63, 3.8) is 0 Å². The van der Waals surface area contributed by atoms with Crippen molar-refractivity contribution in [2.24, 2.45) is 29.6 Å². The molecule has 1 saturated heterocycles. The molecule has 0 amide bonds. The lowest BCUT2D eigenvalue weighted by Crippen LogP contribution is -2.57. The normalized spacial score (nSPS) is 32.2. The molecule has 4 fully saturated rings. The molecule has 3 saturated carbocycles. The summed E-state index contributed by atoms with van der Waals surface area (Å²) in [6, 6.07) is 42.2. The molecule has 1 heterocycles. The third kappa shape index (κ3) is 7.72. The lowest BCUT2D eigenvalue weighted by molar-refractivity contribution is -0.220. The predicted octanol–water partition coefficient (Wildman–Crippen LogP) is 8.80. The Bertz CT molecular complexity index is 1520. The average Bonchev–Trinajstić information content (AvgIpc) is 3.53. The molecule has 4 aromatic rings. The summed E-state index contributed by atoms with van der Waals surface area (Å²) in [6.07, 6.45) is 5.53. The third-order valence-corrected chi connectivity index (χ3v) is 11.8. The first-order valence-electron chi connectivity index (χ1n) is 18.5. The van der Waals surface area contributed by atoms with E-state index in [1.807, 2.05) is 0 Å². The van der Waals surface area contributed by atoms with E-state index < -0.39 is 0 Å². The lowest BCUT2D eigenvalue weighted by Gasteiger charge is -2.51. The number of rotatable bonds is 12. The zero-order chi connectivity index (χ0) is 32.8. The van der Waals surface area contributed by atoms with Crippen molar-refractivity contribution >= 4 is 0 Å². The van der Waals surface area contributed by atoms with Crippen molar-refractivity contribution < 1.29 is 23.7 Å². The highest BCUT2D eigenvalue weighted by atomic mass is 16.6. The molecule has 256 valence electrons. The van der Waals surface area contributed by atoms with E-state index in [2.05, 4.69) is 121 Å². The van der Waals surface area contributed by atoms with E-state index >= 15 is 0 Å². The summed E-state index contributed by atoms with van der Waals surface area (Å²) < 4.78 is 33.9. The van der Waals surface area contributed by atoms with Gasteiger partial charge in [-0.15, -0.1) is 0 Å². The van der Waals surface area contributed by atoms with Gasteiger partial charge in [-0.2, -0.15) is 0 Å². The molecule has 10 unspecified atom stereocenters. The smallest absolute Gasteiger partial charge is 0.110 e. The average molecular weight is 659 g/mol. The van der Waals surface area contributed by atoms with Crippen LogP contribution in [0.4, 0.5) is 0 Å². The van der Waals surface area contributed by atoms with E-state index in [1.54, 1.807) is 0 Å². The summed E-state index contributed by atoms with van der Waals surface area (Å²) >= 11 is 0. The second kappa shape index (κ2) is 15.7. The van der Waals surface area contributed by atoms with Crippen molar-refractivity contribution in [2.45, 2.75) is 89.1 Å². The van der Waals surface area contributed by atoms with Gasteiger partial charge in [0, 0.05) is 0 Å². The summed E-state index contributed by atoms with van der Waals surface area (Å²) in [7, 11) is 0. The quantitative estimate of drug-likeness (QED) is 0.152. The van der Waals surface area contributed by atoms with Crippen molar-refractivity contribution in [2.75, 3.05) is 6.61 Å². The topological polar surface area (TPSA) is 46.2 Å². The van der Waals surface area contributed by atoms with Gasteiger partial charge in [0.25, 0.3) is 0 Å². The monoisotopic (exact) mass is 658 g/mol. The minimum atomic E-state index is -0.0988. The van der Waals surface area contributed by atoms with E-state index in [9.17, 15) is 0 Å². The molecule has 49 heavy (non-hydrogen) atoms. The molecular weight excluding hydrogens is 608 g/mol. The third-order valence-electron chi connectivity index (χ3n) is 11.8. The molecule has 5 nitrogen and oxygen atoms in total. The van der Waals surface area contributed by atoms with Gasteiger partial charge in [-0.1, -0.05) is 121 Å². The zero-order valence-electron chi connectivity index (χ0n) is 28.4. The van der Waals surface area contributed by atoms with Crippen molar-refractivity contribution in [1.29, 1.82) is 0 Å². The fourth-order valence-corrected chi connectivity index (χ4v) is 9.56. The van der Waals surface area contributed by atoms with E-state index in [1.165, 1.54) is 28.7 Å². The van der Waals surface area contributed by atoms with Gasteiger partial charge in [-0.3, -0.25) is 0 Å². The molecule has 10 atom stereocenters. The first-order valence-corrected chi connectivity index (χ1v) is 18.5. The van der Waals surface area contributed by atoms with E-state index in [-0.39, 0.29) is 30.5 Å². The Morgan fingerprint density at radius 1 is 0.449 bits per heavy atom. The van der Waals surface area contributed by atoms with Crippen LogP contribution in [0.15, 0.2) is 121 Å². The molecule has 4 aliphatic rings. The van der Waals surface area contributed by atoms with Gasteiger partial charge in [-0.05, 0) is 83.9 Å². The number of hydrogen-bond donors (Lipinski definition) is 0. The van der Waals surface area contributed by atoms with Gasteiger partial charge < -0.3 is 23.7 Å². The Balaban J connectivity index is 0.999. The summed E-state index contributed by atoms with van der Waals surface area (Å²) in [5.74, 6) is 2.89. The highest BCUT2D eigenvalue weighted by molar-refractivity contribution is 5.17. The SMILES string of the molecule is c1ccc(COC2CC3CC4COC5C(CCC(OCc6ccccc6)C5OCc5ccccc5)C4C3CC2OCc2ccccc2)cc1. The Morgan fingerprint density at radius 2 is 0.918 bits per heavy atom. The van der Waals surface area contributed by atoms with Crippen LogP contribution in [-0.2, 0) is 50.1 Å². The van der Waals surface area contributed by atoms with Crippen LogP contribution in [0.1, 0.15) is 54.4 Å². The van der Waals surface area contributed by atoms with Crippen molar-refractivity contribution in [3.05, 3.63) is 144 Å². The molecule has 4 aromatic carbocycles. The van der Waals surface area contributed by atoms with Gasteiger partial charge in [0.1, 0.15) is 6.10 Å². The number of ether oxygens (including phenoxy) is 5. The molecule has 0 N–H and O–H groups in total. The summed E-state index contributed by atoms with van der Waals surface area (Å²) in [4.78, 5) is 0. The van der Waals surface area contributed by atoms with Crippen LogP contribution < -0.4 is 0 Å². The van der Waals surface area contributed by atoms with Crippen molar-refractivity contribution in [3.8, 4) is 0 Å². The van der Waals surface area contributed by atoms with Crippen LogP contribution in [0.2, 0.25) is 0 Å². The number of fused-ring (bicyclic) bond motifs is 5. The van der Waals surface area contributed by atoms with Crippen LogP contribution in [0, 0.1) is 29.6 Å². The molecule has 1 aliphatic heterocycles. The molecular formula is C44H50O5. The Kier molecular flexibility index (Phi) is 10.5. The first-order chi connectivity index (χ1) is 24.3. The largest absolute Gasteiger partial charge is 0.375 e. The van der Waals surface area contributed by atoms with E-state index in [0.717, 1.165) is 32.3 Å². The number of hydrogen-bond acceptors (Lipinski definition) is 5. The minimum Gasteiger partial charge on any atom is -0.375 e. The van der Waals surface area contributed by atoms with Crippen molar-refractivity contribution in [1.82, 2.24) is 0 Å². The molecule has 5 heteroatoms. The Morgan fingerprint density at radius 3 is 1.45 bits per heavy atom. The molecule has 0 spiro atoms. The summed E-state index contributed by atoms with van der Waals surface area (Å²) in [5.41, 5.74) is 4.82. The lowest BCUT2D eigenvalue weighted by atomic mass is 9.64. The van der Waals surface area contributed by atoms with Gasteiger partial charge >= 0.3 is 0 Å². The predicted molar refractivity (Wildman–Crippen MR) is 190 cm³/mol. The highest BCUT2D eigenvalue weighted by Crippen LogP contribution is 2.58. The minimum absolute atomic E-state index is 0.00277. The molecule has 3 aliphatic carbocycles. The van der Waals surface area contributed by atoms with Crippen LogP contribution in [0.5, 0.6) is 0 Å². The summed E-state index contributed by atoms with van der Waals surface area (Å²) in [5, 5.41) is 0. The maximum Gasteiger partial charge on any atom is 0.110 e. The zero-order valence-corrected chi connectivity index (χ0v) is 28.4. The van der Waals surface area contributed by atoms with Crippen LogP contribution in [-0.4, -0.2) is 37.1 Å². The molecule has 8 rings (SSSR count). The molecule has 0 radical (unpaired) electrons. The second-order valence-corrected chi connectivity index (χ2v) is 14.8. The summed E-state index contributed by atoms with van der Waals surface area (Å²) in [6.45, 7) is 3.21. The Labute approximate surface area is 291 Å². The van der Waals surface area contributed by atoms with Gasteiger partial charge in [-0.25, -0.2) is 0 Å². The van der Waals surface area contributed by atoms with Gasteiger partial charge in [0.05, 0.1) is 57.5 Å². The van der Waals surface area contributed by atoms with Crippen LogP contribution >= 0.6 is 0 Å². The standard InChI is InChI=1S/C44H50O5/c1-5-13-31(14-6-1)26-45-39-22-21-37-42-36(30-49-43(37)44(39)48-29-34-19-11-4-12-20-34)23-35-24-40(46-27-32-15-7-2-8-16-32)41(25-38(35)42)47-28-33-17-9-3-10-18-33/h1-20,35-44H,21-30H2. The highest BCUT2D eigenvalue weighted by Gasteiger charge is 2.58. The molecule has 0 bridgehead atoms. The Hall–Kier alpha value is -3.32. The fourth-order valence-electron chi connectivity index (χ4n) is 9.56. The van der Waals surface area contributed by atoms with E-state index in [0.29, 0.717) is 56.0 Å². The maximum absolute atomic E-state index is 6.88. The number of benzene rings is 4. The van der Waals surface area contributed by atoms with Crippen LogP contribution in [0.25, 0.3) is 0 Å². The van der Waals surface area contributed by atoms with E-state index in [4.69, 9.17) is 23.7 Å². The van der Waals surface area contributed by atoms with Gasteiger partial charge in [0.2, 0.25) is 0 Å².